The molecule has 3 rings (SSSR count). The van der Waals surface area contributed by atoms with Crippen LogP contribution in [0.15, 0.2) is 53.3 Å². The number of amides is 1. The van der Waals surface area contributed by atoms with Gasteiger partial charge in [-0.05, 0) is 30.3 Å². The monoisotopic (exact) mass is 323 g/mol. The molecule has 1 amide bonds. The molecule has 3 aromatic rings. The van der Waals surface area contributed by atoms with Crippen LogP contribution in [0, 0.1) is 0 Å². The first-order valence-electron chi connectivity index (χ1n) is 7.41. The number of aromatic nitrogens is 2. The summed E-state index contributed by atoms with van der Waals surface area (Å²) >= 11 is 0. The van der Waals surface area contributed by atoms with Gasteiger partial charge in [-0.2, -0.15) is 9.78 Å². The first-order valence-corrected chi connectivity index (χ1v) is 7.41. The molecule has 0 saturated carbocycles. The highest BCUT2D eigenvalue weighted by Crippen LogP contribution is 2.18. The smallest absolute Gasteiger partial charge is 0.279 e. The standard InChI is InChI=1S/C18H17N3O3/c1-20(2)18(23)16-14-6-4-5-7-15(14)17(22)21(19-16)12-8-10-13(24-3)11-9-12/h4-11H,1-3H3. The van der Waals surface area contributed by atoms with Crippen LogP contribution in [0.3, 0.4) is 0 Å². The molecule has 0 fully saturated rings. The lowest BCUT2D eigenvalue weighted by molar-refractivity contribution is 0.0822. The summed E-state index contributed by atoms with van der Waals surface area (Å²) in [6.07, 6.45) is 0. The number of methoxy groups -OCH3 is 1. The maximum atomic E-state index is 12.8. The third-order valence-electron chi connectivity index (χ3n) is 3.73. The minimum absolute atomic E-state index is 0.242. The molecule has 0 N–H and O–H groups in total. The van der Waals surface area contributed by atoms with Crippen molar-refractivity contribution in [1.29, 1.82) is 0 Å². The van der Waals surface area contributed by atoms with Crippen LogP contribution >= 0.6 is 0 Å². The van der Waals surface area contributed by atoms with Crippen LogP contribution in [0.25, 0.3) is 16.5 Å². The molecule has 0 spiro atoms. The first-order chi connectivity index (χ1) is 11.5. The second-order valence-electron chi connectivity index (χ2n) is 5.51. The summed E-state index contributed by atoms with van der Waals surface area (Å²) in [4.78, 5) is 26.7. The second-order valence-corrected chi connectivity index (χ2v) is 5.51. The number of hydrogen-bond acceptors (Lipinski definition) is 4. The van der Waals surface area contributed by atoms with Crippen LogP contribution in [0.5, 0.6) is 5.75 Å². The van der Waals surface area contributed by atoms with Crippen molar-refractivity contribution in [2.45, 2.75) is 0 Å². The van der Waals surface area contributed by atoms with Gasteiger partial charge in [0.15, 0.2) is 5.69 Å². The topological polar surface area (TPSA) is 64.4 Å². The molecule has 0 saturated heterocycles. The number of ether oxygens (including phenoxy) is 1. The lowest BCUT2D eigenvalue weighted by Crippen LogP contribution is -2.29. The van der Waals surface area contributed by atoms with Crippen molar-refractivity contribution >= 4 is 16.7 Å². The van der Waals surface area contributed by atoms with Crippen LogP contribution in [0.1, 0.15) is 10.5 Å². The predicted molar refractivity (Wildman–Crippen MR) is 91.9 cm³/mol. The van der Waals surface area contributed by atoms with Gasteiger partial charge in [-0.3, -0.25) is 9.59 Å². The molecule has 122 valence electrons. The summed E-state index contributed by atoms with van der Waals surface area (Å²) in [5.41, 5.74) is 0.538. The largest absolute Gasteiger partial charge is 0.497 e. The number of carbonyl (C=O) groups is 1. The molecule has 0 aliphatic carbocycles. The Morgan fingerprint density at radius 2 is 1.67 bits per heavy atom. The minimum Gasteiger partial charge on any atom is -0.497 e. The highest BCUT2D eigenvalue weighted by atomic mass is 16.5. The van der Waals surface area contributed by atoms with E-state index in [1.54, 1.807) is 69.7 Å². The van der Waals surface area contributed by atoms with Gasteiger partial charge < -0.3 is 9.64 Å². The van der Waals surface area contributed by atoms with E-state index in [2.05, 4.69) is 5.10 Å². The number of hydrogen-bond donors (Lipinski definition) is 0. The summed E-state index contributed by atoms with van der Waals surface area (Å²) in [7, 11) is 4.88. The quantitative estimate of drug-likeness (QED) is 0.740. The van der Waals surface area contributed by atoms with Crippen molar-refractivity contribution in [3.05, 3.63) is 64.6 Å². The van der Waals surface area contributed by atoms with Gasteiger partial charge in [0.2, 0.25) is 0 Å². The fourth-order valence-electron chi connectivity index (χ4n) is 2.46. The molecule has 1 aromatic heterocycles. The summed E-state index contributed by atoms with van der Waals surface area (Å²) in [6.45, 7) is 0. The third-order valence-corrected chi connectivity index (χ3v) is 3.73. The van der Waals surface area contributed by atoms with E-state index < -0.39 is 0 Å². The summed E-state index contributed by atoms with van der Waals surface area (Å²) < 4.78 is 6.38. The van der Waals surface area contributed by atoms with Gasteiger partial charge in [0.25, 0.3) is 11.5 Å². The van der Waals surface area contributed by atoms with E-state index >= 15 is 0 Å². The Kier molecular flexibility index (Phi) is 4.04. The average molecular weight is 323 g/mol. The molecule has 2 aromatic carbocycles. The molecular formula is C18H17N3O3. The molecular weight excluding hydrogens is 306 g/mol. The lowest BCUT2D eigenvalue weighted by Gasteiger charge is -2.14. The lowest BCUT2D eigenvalue weighted by atomic mass is 10.1. The summed E-state index contributed by atoms with van der Waals surface area (Å²) in [6, 6.07) is 13.9. The van der Waals surface area contributed by atoms with Crippen molar-refractivity contribution in [2.24, 2.45) is 0 Å². The predicted octanol–water partition coefficient (Wildman–Crippen LogP) is 2.10. The van der Waals surface area contributed by atoms with Crippen LogP contribution in [-0.2, 0) is 0 Å². The zero-order chi connectivity index (χ0) is 17.3. The van der Waals surface area contributed by atoms with Crippen molar-refractivity contribution in [2.75, 3.05) is 21.2 Å². The Morgan fingerprint density at radius 3 is 2.25 bits per heavy atom. The van der Waals surface area contributed by atoms with E-state index in [-0.39, 0.29) is 17.2 Å². The summed E-state index contributed by atoms with van der Waals surface area (Å²) in [5.74, 6) is 0.422. The molecule has 1 heterocycles. The summed E-state index contributed by atoms with van der Waals surface area (Å²) in [5, 5.41) is 5.32. The molecule has 0 radical (unpaired) electrons. The Balaban J connectivity index is 2.30. The van der Waals surface area contributed by atoms with E-state index in [1.807, 2.05) is 0 Å². The Hall–Kier alpha value is -3.15. The van der Waals surface area contributed by atoms with Crippen LogP contribution < -0.4 is 10.3 Å². The van der Waals surface area contributed by atoms with Crippen molar-refractivity contribution in [1.82, 2.24) is 14.7 Å². The highest BCUT2D eigenvalue weighted by molar-refractivity contribution is 6.04. The van der Waals surface area contributed by atoms with Crippen LogP contribution in [0.4, 0.5) is 0 Å². The molecule has 0 unspecified atom stereocenters. The van der Waals surface area contributed by atoms with Crippen molar-refractivity contribution in [3.8, 4) is 11.4 Å². The number of fused-ring (bicyclic) bond motifs is 1. The van der Waals surface area contributed by atoms with E-state index in [9.17, 15) is 9.59 Å². The Bertz CT molecular complexity index is 959. The number of benzene rings is 2. The fourth-order valence-corrected chi connectivity index (χ4v) is 2.46. The molecule has 6 nitrogen and oxygen atoms in total. The van der Waals surface area contributed by atoms with Crippen LogP contribution in [-0.4, -0.2) is 41.8 Å². The van der Waals surface area contributed by atoms with Crippen molar-refractivity contribution < 1.29 is 9.53 Å². The number of nitrogens with zero attached hydrogens (tertiary/aromatic N) is 3. The van der Waals surface area contributed by atoms with E-state index in [1.165, 1.54) is 9.58 Å². The normalized spacial score (nSPS) is 10.6. The SMILES string of the molecule is COc1ccc(-n2nc(C(=O)N(C)C)c3ccccc3c2=O)cc1. The molecule has 6 heteroatoms. The zero-order valence-electron chi connectivity index (χ0n) is 13.7. The molecule has 0 atom stereocenters. The van der Waals surface area contributed by atoms with Gasteiger partial charge in [-0.1, -0.05) is 18.2 Å². The van der Waals surface area contributed by atoms with E-state index in [0.29, 0.717) is 22.2 Å². The Morgan fingerprint density at radius 1 is 1.04 bits per heavy atom. The van der Waals surface area contributed by atoms with Gasteiger partial charge in [-0.25, -0.2) is 0 Å². The zero-order valence-corrected chi connectivity index (χ0v) is 13.7. The first kappa shape index (κ1) is 15.7. The number of rotatable bonds is 3. The number of carbonyl (C=O) groups excluding carboxylic acids is 1. The van der Waals surface area contributed by atoms with E-state index in [4.69, 9.17) is 4.74 Å². The highest BCUT2D eigenvalue weighted by Gasteiger charge is 2.18. The van der Waals surface area contributed by atoms with Crippen molar-refractivity contribution in [3.63, 3.8) is 0 Å². The minimum atomic E-state index is -0.272. The second kappa shape index (κ2) is 6.16. The molecule has 0 aliphatic rings. The molecule has 0 aliphatic heterocycles. The van der Waals surface area contributed by atoms with E-state index in [0.717, 1.165) is 0 Å². The van der Waals surface area contributed by atoms with Gasteiger partial charge >= 0.3 is 0 Å². The third kappa shape index (κ3) is 2.62. The van der Waals surface area contributed by atoms with Crippen LogP contribution in [0.2, 0.25) is 0 Å². The molecule has 24 heavy (non-hydrogen) atoms. The average Bonchev–Trinajstić information content (AvgIpc) is 2.62. The van der Waals surface area contributed by atoms with Gasteiger partial charge in [0.1, 0.15) is 5.75 Å². The van der Waals surface area contributed by atoms with Gasteiger partial charge in [-0.15, -0.1) is 0 Å². The fraction of sp³-hybridized carbons (Fsp3) is 0.167. The van der Waals surface area contributed by atoms with Gasteiger partial charge in [0.05, 0.1) is 18.2 Å². The maximum Gasteiger partial charge on any atom is 0.279 e. The Labute approximate surface area is 138 Å². The maximum absolute atomic E-state index is 12.8. The van der Waals surface area contributed by atoms with Gasteiger partial charge in [0, 0.05) is 19.5 Å². The molecule has 0 bridgehead atoms.